The van der Waals surface area contributed by atoms with Crippen molar-refractivity contribution in [3.63, 3.8) is 0 Å². The number of halogens is 1. The van der Waals surface area contributed by atoms with Crippen LogP contribution in [0.25, 0.3) is 0 Å². The molecule has 2 aliphatic heterocycles. The lowest BCUT2D eigenvalue weighted by atomic mass is 9.79. The average Bonchev–Trinajstić information content (AvgIpc) is 2.95. The first-order valence-electron chi connectivity index (χ1n) is 12.9. The van der Waals surface area contributed by atoms with Gasteiger partial charge in [-0.15, -0.1) is 0 Å². The van der Waals surface area contributed by atoms with Crippen molar-refractivity contribution in [2.45, 2.75) is 12.0 Å². The van der Waals surface area contributed by atoms with Gasteiger partial charge in [-0.25, -0.2) is 4.39 Å². The van der Waals surface area contributed by atoms with Crippen LogP contribution in [0.1, 0.15) is 33.4 Å². The number of methoxy groups -OCH3 is 2. The fraction of sp³-hybridized carbons (Fsp3) is 0.333. The minimum atomic E-state index is -0.917. The summed E-state index contributed by atoms with van der Waals surface area (Å²) in [6, 6.07) is 16.3. The molecule has 39 heavy (non-hydrogen) atoms. The molecule has 2 amide bonds. The summed E-state index contributed by atoms with van der Waals surface area (Å²) in [5.41, 5.74) is 2.63. The van der Waals surface area contributed by atoms with Gasteiger partial charge in [-0.3, -0.25) is 9.59 Å². The van der Waals surface area contributed by atoms with Gasteiger partial charge in [-0.2, -0.15) is 0 Å². The number of rotatable bonds is 6. The van der Waals surface area contributed by atoms with Gasteiger partial charge in [0.1, 0.15) is 5.82 Å². The molecule has 0 aromatic heterocycles. The van der Waals surface area contributed by atoms with Crippen LogP contribution in [0.3, 0.4) is 0 Å². The van der Waals surface area contributed by atoms with Crippen molar-refractivity contribution in [1.82, 2.24) is 9.80 Å². The number of carbonyl (C=O) groups excluding carboxylic acids is 2. The van der Waals surface area contributed by atoms with Crippen LogP contribution in [0.5, 0.6) is 11.5 Å². The molecular weight excluding hydrogens is 499 g/mol. The molecule has 0 aliphatic carbocycles. The van der Waals surface area contributed by atoms with Gasteiger partial charge in [0.2, 0.25) is 5.91 Å². The van der Waals surface area contributed by atoms with Gasteiger partial charge in [0.25, 0.3) is 5.91 Å². The summed E-state index contributed by atoms with van der Waals surface area (Å²) in [6.07, 6.45) is 0. The second kappa shape index (κ2) is 10.9. The number of para-hydroxylation sites is 2. The third-order valence-corrected chi connectivity index (χ3v) is 7.69. The van der Waals surface area contributed by atoms with E-state index in [-0.39, 0.29) is 17.4 Å². The zero-order chi connectivity index (χ0) is 27.7. The normalized spacial score (nSPS) is 19.5. The Balaban J connectivity index is 1.61. The van der Waals surface area contributed by atoms with E-state index in [0.29, 0.717) is 28.3 Å². The second-order valence-electron chi connectivity index (χ2n) is 9.95. The van der Waals surface area contributed by atoms with E-state index in [1.165, 1.54) is 25.2 Å². The number of amides is 2. The molecule has 2 atom stereocenters. The summed E-state index contributed by atoms with van der Waals surface area (Å²) in [7, 11) is 6.67. The van der Waals surface area contributed by atoms with Gasteiger partial charge in [-0.05, 0) is 42.9 Å². The smallest absolute Gasteiger partial charge is 0.254 e. The highest BCUT2D eigenvalue weighted by molar-refractivity contribution is 6.05. The molecule has 9 heteroatoms. The third-order valence-electron chi connectivity index (χ3n) is 7.69. The van der Waals surface area contributed by atoms with Crippen LogP contribution < -0.4 is 19.7 Å². The molecule has 2 unspecified atom stereocenters. The van der Waals surface area contributed by atoms with Gasteiger partial charge in [0.15, 0.2) is 11.5 Å². The molecule has 0 radical (unpaired) electrons. The highest BCUT2D eigenvalue weighted by Crippen LogP contribution is 2.46. The van der Waals surface area contributed by atoms with Crippen molar-refractivity contribution >= 4 is 23.2 Å². The van der Waals surface area contributed by atoms with E-state index in [9.17, 15) is 9.59 Å². The van der Waals surface area contributed by atoms with E-state index in [2.05, 4.69) is 22.2 Å². The number of hydrogen-bond acceptors (Lipinski definition) is 6. The third kappa shape index (κ3) is 4.90. The number of nitrogens with zero attached hydrogens (tertiary/aromatic N) is 3. The molecule has 1 N–H and O–H groups in total. The van der Waals surface area contributed by atoms with Crippen molar-refractivity contribution in [3.8, 4) is 11.5 Å². The molecule has 1 saturated heterocycles. The lowest BCUT2D eigenvalue weighted by Crippen LogP contribution is -2.45. The van der Waals surface area contributed by atoms with Crippen LogP contribution in [0.15, 0.2) is 60.7 Å². The van der Waals surface area contributed by atoms with Gasteiger partial charge < -0.3 is 29.5 Å². The molecule has 0 spiro atoms. The predicted octanol–water partition coefficient (Wildman–Crippen LogP) is 4.14. The first-order chi connectivity index (χ1) is 18.8. The number of anilines is 2. The van der Waals surface area contributed by atoms with Crippen molar-refractivity contribution in [3.05, 3.63) is 83.2 Å². The molecule has 0 saturated carbocycles. The number of nitrogens with one attached hydrogen (secondary N) is 1. The summed E-state index contributed by atoms with van der Waals surface area (Å²) in [5, 5.41) is 3.12. The Kier molecular flexibility index (Phi) is 7.43. The van der Waals surface area contributed by atoms with Crippen LogP contribution in [-0.4, -0.2) is 76.1 Å². The van der Waals surface area contributed by atoms with E-state index in [4.69, 9.17) is 9.47 Å². The maximum atomic E-state index is 15.2. The fourth-order valence-corrected chi connectivity index (χ4v) is 5.55. The van der Waals surface area contributed by atoms with Crippen molar-refractivity contribution < 1.29 is 23.5 Å². The number of ether oxygens (including phenoxy) is 2. The minimum absolute atomic E-state index is 0.265. The molecule has 0 bridgehead atoms. The van der Waals surface area contributed by atoms with Crippen molar-refractivity contribution in [2.75, 3.05) is 64.7 Å². The van der Waals surface area contributed by atoms with E-state index in [1.54, 1.807) is 37.4 Å². The number of piperazine rings is 1. The summed E-state index contributed by atoms with van der Waals surface area (Å²) in [6.45, 7) is 3.51. The Bertz CT molecular complexity index is 1390. The van der Waals surface area contributed by atoms with Crippen LogP contribution >= 0.6 is 0 Å². The predicted molar refractivity (Wildman–Crippen MR) is 148 cm³/mol. The standard InChI is InChI=1S/C30H33FN4O4/c1-33-13-15-35(16-14-33)24-12-8-7-11-23(24)32-29(36)27-20-17-25(38-3)26(39-4)18-21(20)30(37)34(2)28(27)19-9-5-6-10-22(19)31/h5-12,17-18,27-28H,13-16H2,1-4H3,(H,32,36). The zero-order valence-electron chi connectivity index (χ0n) is 22.6. The fourth-order valence-electron chi connectivity index (χ4n) is 5.55. The van der Waals surface area contributed by atoms with E-state index in [1.807, 2.05) is 24.3 Å². The van der Waals surface area contributed by atoms with Crippen LogP contribution in [0, 0.1) is 5.82 Å². The van der Waals surface area contributed by atoms with Gasteiger partial charge in [-0.1, -0.05) is 30.3 Å². The number of benzene rings is 3. The van der Waals surface area contributed by atoms with E-state index < -0.39 is 17.8 Å². The summed E-state index contributed by atoms with van der Waals surface area (Å²) in [4.78, 5) is 33.8. The van der Waals surface area contributed by atoms with Crippen LogP contribution in [0.4, 0.5) is 15.8 Å². The van der Waals surface area contributed by atoms with E-state index in [0.717, 1.165) is 31.9 Å². The monoisotopic (exact) mass is 532 g/mol. The van der Waals surface area contributed by atoms with Gasteiger partial charge in [0, 0.05) is 44.4 Å². The van der Waals surface area contributed by atoms with E-state index >= 15 is 4.39 Å². The highest BCUT2D eigenvalue weighted by atomic mass is 19.1. The minimum Gasteiger partial charge on any atom is -0.493 e. The molecule has 1 fully saturated rings. The topological polar surface area (TPSA) is 74.4 Å². The SMILES string of the molecule is COc1cc2c(cc1OC)C(C(=O)Nc1ccccc1N1CCN(C)CC1)C(c1ccccc1F)N(C)C2=O. The molecular formula is C30H33FN4O4. The number of fused-ring (bicyclic) bond motifs is 1. The van der Waals surface area contributed by atoms with Crippen molar-refractivity contribution in [2.24, 2.45) is 0 Å². The highest BCUT2D eigenvalue weighted by Gasteiger charge is 2.44. The van der Waals surface area contributed by atoms with Gasteiger partial charge >= 0.3 is 0 Å². The molecule has 2 heterocycles. The maximum Gasteiger partial charge on any atom is 0.254 e. The first-order valence-corrected chi connectivity index (χ1v) is 12.9. The Morgan fingerprint density at radius 2 is 1.54 bits per heavy atom. The molecule has 3 aromatic carbocycles. The Morgan fingerprint density at radius 1 is 0.897 bits per heavy atom. The molecule has 8 nitrogen and oxygen atoms in total. The van der Waals surface area contributed by atoms with Gasteiger partial charge in [0.05, 0.1) is 37.6 Å². The largest absolute Gasteiger partial charge is 0.493 e. The van der Waals surface area contributed by atoms with Crippen LogP contribution in [-0.2, 0) is 4.79 Å². The summed E-state index contributed by atoms with van der Waals surface area (Å²) in [5.74, 6) is -1.32. The molecule has 204 valence electrons. The number of hydrogen-bond donors (Lipinski definition) is 1. The average molecular weight is 533 g/mol. The lowest BCUT2D eigenvalue weighted by molar-refractivity contribution is -0.119. The Hall–Kier alpha value is -4.11. The molecule has 2 aliphatic rings. The quantitative estimate of drug-likeness (QED) is 0.515. The Labute approximate surface area is 227 Å². The van der Waals surface area contributed by atoms with Crippen LogP contribution in [0.2, 0.25) is 0 Å². The lowest BCUT2D eigenvalue weighted by Gasteiger charge is -2.40. The summed E-state index contributed by atoms with van der Waals surface area (Å²) >= 11 is 0. The van der Waals surface area contributed by atoms with Crippen molar-refractivity contribution in [1.29, 1.82) is 0 Å². The summed E-state index contributed by atoms with van der Waals surface area (Å²) < 4.78 is 26.1. The Morgan fingerprint density at radius 3 is 2.23 bits per heavy atom. The zero-order valence-corrected chi connectivity index (χ0v) is 22.6. The molecule has 3 aromatic rings. The maximum absolute atomic E-state index is 15.2. The number of likely N-dealkylation sites (N-methyl/N-ethyl adjacent to an activating group) is 2. The molecule has 5 rings (SSSR count). The second-order valence-corrected chi connectivity index (χ2v) is 9.95. The first kappa shape index (κ1) is 26.5. The number of carbonyl (C=O) groups is 2.